The predicted octanol–water partition coefficient (Wildman–Crippen LogP) is 0.899. The van der Waals surface area contributed by atoms with Crippen molar-refractivity contribution >= 4 is 23.7 Å². The third-order valence-corrected chi connectivity index (χ3v) is 2.90. The summed E-state index contributed by atoms with van der Waals surface area (Å²) in [6, 6.07) is 8.32. The van der Waals surface area contributed by atoms with Crippen LogP contribution in [0.1, 0.15) is 5.56 Å². The maximum absolute atomic E-state index is 11.8. The van der Waals surface area contributed by atoms with Gasteiger partial charge in [0.15, 0.2) is 11.5 Å². The Morgan fingerprint density at radius 1 is 1.17 bits per heavy atom. The van der Waals surface area contributed by atoms with E-state index in [2.05, 4.69) is 20.8 Å². The van der Waals surface area contributed by atoms with Gasteiger partial charge in [-0.15, -0.1) is 0 Å². The molecule has 116 valence electrons. The quantitative estimate of drug-likeness (QED) is 0.498. The lowest BCUT2D eigenvalue weighted by Crippen LogP contribution is -2.32. The molecule has 0 fully saturated rings. The number of hydrogen-bond donors (Lipinski definition) is 2. The van der Waals surface area contributed by atoms with Crippen LogP contribution in [-0.4, -0.2) is 29.8 Å². The second kappa shape index (κ2) is 6.56. The van der Waals surface area contributed by atoms with E-state index in [4.69, 9.17) is 9.47 Å². The Balaban J connectivity index is 1.55. The zero-order valence-electron chi connectivity index (χ0n) is 11.9. The molecule has 1 aromatic carbocycles. The maximum atomic E-state index is 11.8. The van der Waals surface area contributed by atoms with Gasteiger partial charge in [0, 0.05) is 29.7 Å². The van der Waals surface area contributed by atoms with Gasteiger partial charge >= 0.3 is 11.8 Å². The first kappa shape index (κ1) is 14.5. The summed E-state index contributed by atoms with van der Waals surface area (Å²) in [7, 11) is 0. The zero-order chi connectivity index (χ0) is 16.1. The number of rotatable bonds is 3. The van der Waals surface area contributed by atoms with E-state index in [0.717, 1.165) is 0 Å². The molecule has 3 rings (SSSR count). The molecule has 0 radical (unpaired) electrons. The van der Waals surface area contributed by atoms with Gasteiger partial charge in [-0.1, -0.05) is 6.07 Å². The normalized spacial score (nSPS) is 12.2. The largest absolute Gasteiger partial charge is 0.454 e. The molecule has 0 spiro atoms. The lowest BCUT2D eigenvalue weighted by Gasteiger charge is -2.04. The van der Waals surface area contributed by atoms with Crippen LogP contribution in [0, 0.1) is 0 Å². The molecule has 2 heterocycles. The van der Waals surface area contributed by atoms with Gasteiger partial charge < -0.3 is 14.8 Å². The van der Waals surface area contributed by atoms with Gasteiger partial charge in [0.1, 0.15) is 0 Å². The Hall–Kier alpha value is -3.42. The molecule has 0 bridgehead atoms. The molecule has 2 amide bonds. The molecular formula is C15H12N4O4. The number of ether oxygens (including phenoxy) is 2. The van der Waals surface area contributed by atoms with Gasteiger partial charge in [0.05, 0.1) is 6.21 Å². The molecule has 0 aliphatic carbocycles. The number of hydrogen-bond acceptors (Lipinski definition) is 6. The Morgan fingerprint density at radius 2 is 2.04 bits per heavy atom. The highest BCUT2D eigenvalue weighted by Gasteiger charge is 2.17. The molecule has 0 saturated heterocycles. The minimum Gasteiger partial charge on any atom is -0.454 e. The second-order valence-corrected chi connectivity index (χ2v) is 4.51. The molecular weight excluding hydrogens is 300 g/mol. The van der Waals surface area contributed by atoms with E-state index in [1.165, 1.54) is 6.21 Å². The highest BCUT2D eigenvalue weighted by molar-refractivity contribution is 6.39. The van der Waals surface area contributed by atoms with E-state index in [9.17, 15) is 9.59 Å². The number of carbonyl (C=O) groups is 2. The van der Waals surface area contributed by atoms with Gasteiger partial charge in [0.2, 0.25) is 6.79 Å². The van der Waals surface area contributed by atoms with E-state index < -0.39 is 11.8 Å². The van der Waals surface area contributed by atoms with Crippen molar-refractivity contribution < 1.29 is 19.1 Å². The fraction of sp³-hybridized carbons (Fsp3) is 0.0667. The number of pyridine rings is 1. The second-order valence-electron chi connectivity index (χ2n) is 4.51. The number of carbonyl (C=O) groups excluding carboxylic acids is 2. The molecule has 0 saturated carbocycles. The van der Waals surface area contributed by atoms with Crippen LogP contribution in [0.4, 0.5) is 5.69 Å². The van der Waals surface area contributed by atoms with Crippen LogP contribution >= 0.6 is 0 Å². The van der Waals surface area contributed by atoms with E-state index in [1.807, 2.05) is 0 Å². The summed E-state index contributed by atoms with van der Waals surface area (Å²) < 4.78 is 10.4. The Bertz CT molecular complexity index is 761. The molecule has 2 aromatic rings. The summed E-state index contributed by atoms with van der Waals surface area (Å²) in [5.41, 5.74) is 3.26. The van der Waals surface area contributed by atoms with Crippen LogP contribution < -0.4 is 20.2 Å². The monoisotopic (exact) mass is 312 g/mol. The topological polar surface area (TPSA) is 102 Å². The number of aromatic nitrogens is 1. The minimum absolute atomic E-state index is 0.135. The molecule has 1 aliphatic heterocycles. The van der Waals surface area contributed by atoms with Gasteiger partial charge in [-0.2, -0.15) is 5.10 Å². The predicted molar refractivity (Wildman–Crippen MR) is 81.2 cm³/mol. The van der Waals surface area contributed by atoms with Gasteiger partial charge in [-0.25, -0.2) is 5.43 Å². The van der Waals surface area contributed by atoms with Crippen LogP contribution in [0.2, 0.25) is 0 Å². The lowest BCUT2D eigenvalue weighted by atomic mass is 10.3. The number of fused-ring (bicyclic) bond motifs is 1. The third kappa shape index (κ3) is 3.62. The van der Waals surface area contributed by atoms with Crippen molar-refractivity contribution in [2.45, 2.75) is 0 Å². The summed E-state index contributed by atoms with van der Waals surface area (Å²) in [5, 5.41) is 6.14. The molecule has 0 unspecified atom stereocenters. The van der Waals surface area contributed by atoms with Gasteiger partial charge in [0.25, 0.3) is 0 Å². The summed E-state index contributed by atoms with van der Waals surface area (Å²) in [5.74, 6) is -0.624. The summed E-state index contributed by atoms with van der Waals surface area (Å²) in [6.07, 6.45) is 4.58. The minimum atomic E-state index is -0.886. The molecule has 23 heavy (non-hydrogen) atoms. The van der Waals surface area contributed by atoms with Crippen molar-refractivity contribution in [1.82, 2.24) is 10.4 Å². The fourth-order valence-electron chi connectivity index (χ4n) is 1.83. The number of benzene rings is 1. The average Bonchev–Trinajstić information content (AvgIpc) is 3.03. The Morgan fingerprint density at radius 3 is 2.87 bits per heavy atom. The Kier molecular flexibility index (Phi) is 4.14. The highest BCUT2D eigenvalue weighted by Crippen LogP contribution is 2.34. The lowest BCUT2D eigenvalue weighted by molar-refractivity contribution is -0.136. The molecule has 1 aliphatic rings. The van der Waals surface area contributed by atoms with Crippen molar-refractivity contribution in [2.75, 3.05) is 12.1 Å². The number of amides is 2. The van der Waals surface area contributed by atoms with E-state index >= 15 is 0 Å². The number of nitrogens with one attached hydrogen (secondary N) is 2. The van der Waals surface area contributed by atoms with Crippen LogP contribution in [0.15, 0.2) is 47.8 Å². The number of anilines is 1. The number of nitrogens with zero attached hydrogens (tertiary/aromatic N) is 2. The van der Waals surface area contributed by atoms with Crippen LogP contribution in [0.3, 0.4) is 0 Å². The first-order chi connectivity index (χ1) is 11.2. The van der Waals surface area contributed by atoms with Crippen LogP contribution in [0.25, 0.3) is 0 Å². The van der Waals surface area contributed by atoms with Crippen LogP contribution in [0.5, 0.6) is 11.5 Å². The van der Waals surface area contributed by atoms with E-state index in [1.54, 1.807) is 42.7 Å². The number of hydrazone groups is 1. The first-order valence-corrected chi connectivity index (χ1v) is 6.66. The van der Waals surface area contributed by atoms with Gasteiger partial charge in [-0.05, 0) is 18.2 Å². The van der Waals surface area contributed by atoms with E-state index in [-0.39, 0.29) is 6.79 Å². The van der Waals surface area contributed by atoms with Crippen molar-refractivity contribution in [3.8, 4) is 11.5 Å². The van der Waals surface area contributed by atoms with Crippen molar-refractivity contribution in [1.29, 1.82) is 0 Å². The molecule has 0 atom stereocenters. The summed E-state index contributed by atoms with van der Waals surface area (Å²) in [6.45, 7) is 0.135. The third-order valence-electron chi connectivity index (χ3n) is 2.90. The first-order valence-electron chi connectivity index (χ1n) is 6.66. The zero-order valence-corrected chi connectivity index (χ0v) is 11.9. The average molecular weight is 312 g/mol. The van der Waals surface area contributed by atoms with Crippen molar-refractivity contribution in [2.24, 2.45) is 5.10 Å². The summed E-state index contributed by atoms with van der Waals surface area (Å²) in [4.78, 5) is 27.3. The van der Waals surface area contributed by atoms with E-state index in [0.29, 0.717) is 22.7 Å². The van der Waals surface area contributed by atoms with Crippen LogP contribution in [-0.2, 0) is 9.59 Å². The standard InChI is InChI=1S/C15H12N4O4/c20-14(15(21)19-17-8-10-2-1-5-16-7-10)18-11-3-4-12-13(6-11)23-9-22-12/h1-8H,9H2,(H,18,20)(H,19,21)/b17-8-. The SMILES string of the molecule is O=C(N/N=C\c1cccnc1)C(=O)Nc1ccc2c(c1)OCO2. The molecule has 8 heteroatoms. The summed E-state index contributed by atoms with van der Waals surface area (Å²) >= 11 is 0. The smallest absolute Gasteiger partial charge is 0.329 e. The molecule has 1 aromatic heterocycles. The van der Waals surface area contributed by atoms with Gasteiger partial charge in [-0.3, -0.25) is 14.6 Å². The highest BCUT2D eigenvalue weighted by atomic mass is 16.7. The molecule has 2 N–H and O–H groups in total. The van der Waals surface area contributed by atoms with Crippen molar-refractivity contribution in [3.05, 3.63) is 48.3 Å². The molecule has 8 nitrogen and oxygen atoms in total. The maximum Gasteiger partial charge on any atom is 0.329 e. The Labute approximate surface area is 131 Å². The fourth-order valence-corrected chi connectivity index (χ4v) is 1.83. The van der Waals surface area contributed by atoms with Crippen molar-refractivity contribution in [3.63, 3.8) is 0 Å².